The van der Waals surface area contributed by atoms with Crippen molar-refractivity contribution < 1.29 is 9.53 Å². The molecule has 0 atom stereocenters. The van der Waals surface area contributed by atoms with Gasteiger partial charge in [0.1, 0.15) is 5.75 Å². The zero-order valence-corrected chi connectivity index (χ0v) is 15.4. The van der Waals surface area contributed by atoms with Crippen LogP contribution in [0.15, 0.2) is 23.6 Å². The number of hydrogen-bond donors (Lipinski definition) is 1. The molecule has 0 saturated carbocycles. The highest BCUT2D eigenvalue weighted by molar-refractivity contribution is 7.10. The number of amides is 1. The molecular formula is C17H19Cl2NO2S. The maximum atomic E-state index is 11.9. The molecule has 1 N–H and O–H groups in total. The first-order valence-electron chi connectivity index (χ1n) is 7.35. The molecule has 0 aliphatic heterocycles. The van der Waals surface area contributed by atoms with Crippen LogP contribution in [0.25, 0.3) is 0 Å². The smallest absolute Gasteiger partial charge is 0.220 e. The largest absolute Gasteiger partial charge is 0.492 e. The number of ether oxygens (including phenoxy) is 1. The molecule has 0 spiro atoms. The van der Waals surface area contributed by atoms with Crippen molar-refractivity contribution in [2.75, 3.05) is 6.61 Å². The minimum absolute atomic E-state index is 0.0269. The highest BCUT2D eigenvalue weighted by Gasteiger charge is 2.07. The monoisotopic (exact) mass is 371 g/mol. The van der Waals surface area contributed by atoms with Crippen LogP contribution in [-0.4, -0.2) is 12.5 Å². The number of carbonyl (C=O) groups is 1. The van der Waals surface area contributed by atoms with E-state index in [9.17, 15) is 4.79 Å². The van der Waals surface area contributed by atoms with Crippen LogP contribution in [0.5, 0.6) is 5.75 Å². The summed E-state index contributed by atoms with van der Waals surface area (Å²) in [6.45, 7) is 5.19. The average Bonchev–Trinajstić information content (AvgIpc) is 2.83. The van der Waals surface area contributed by atoms with Crippen LogP contribution in [0, 0.1) is 13.8 Å². The van der Waals surface area contributed by atoms with Crippen molar-refractivity contribution >= 4 is 40.4 Å². The molecule has 23 heavy (non-hydrogen) atoms. The van der Waals surface area contributed by atoms with E-state index in [0.29, 0.717) is 41.8 Å². The van der Waals surface area contributed by atoms with E-state index in [-0.39, 0.29) is 5.91 Å². The van der Waals surface area contributed by atoms with Gasteiger partial charge in [0.2, 0.25) is 5.91 Å². The topological polar surface area (TPSA) is 38.3 Å². The van der Waals surface area contributed by atoms with Gasteiger partial charge >= 0.3 is 0 Å². The van der Waals surface area contributed by atoms with E-state index in [1.54, 1.807) is 29.5 Å². The van der Waals surface area contributed by atoms with Gasteiger partial charge in [-0.3, -0.25) is 4.79 Å². The van der Waals surface area contributed by atoms with Crippen LogP contribution in [-0.2, 0) is 11.3 Å². The Morgan fingerprint density at radius 3 is 2.74 bits per heavy atom. The predicted molar refractivity (Wildman–Crippen MR) is 96.8 cm³/mol. The number of halogens is 2. The Labute approximate surface area is 150 Å². The van der Waals surface area contributed by atoms with Crippen LogP contribution in [0.2, 0.25) is 10.0 Å². The molecule has 2 rings (SSSR count). The molecule has 0 aliphatic carbocycles. The van der Waals surface area contributed by atoms with E-state index in [4.69, 9.17) is 27.9 Å². The van der Waals surface area contributed by atoms with Gasteiger partial charge < -0.3 is 10.1 Å². The Bertz CT molecular complexity index is 685. The second-order valence-electron chi connectivity index (χ2n) is 5.25. The Morgan fingerprint density at radius 2 is 2.09 bits per heavy atom. The Hall–Kier alpha value is -1.23. The van der Waals surface area contributed by atoms with E-state index < -0.39 is 0 Å². The Morgan fingerprint density at radius 1 is 1.30 bits per heavy atom. The lowest BCUT2D eigenvalue weighted by molar-refractivity contribution is -0.121. The van der Waals surface area contributed by atoms with Gasteiger partial charge in [-0.05, 0) is 55.0 Å². The number of nitrogens with one attached hydrogen (secondary N) is 1. The number of benzene rings is 1. The molecule has 1 aromatic carbocycles. The SMILES string of the molecule is Cc1scc(CNC(=O)CCCOc2ccc(Cl)cc2Cl)c1C. The number of aryl methyl sites for hydroxylation is 1. The molecule has 124 valence electrons. The standard InChI is InChI=1S/C17H19Cl2NO2S/c1-11-12(2)23-10-13(11)9-20-17(21)4-3-7-22-16-6-5-14(18)8-15(16)19/h5-6,8,10H,3-4,7,9H2,1-2H3,(H,20,21). The van der Waals surface area contributed by atoms with E-state index in [0.717, 1.165) is 0 Å². The lowest BCUT2D eigenvalue weighted by Gasteiger charge is -2.08. The quantitative estimate of drug-likeness (QED) is 0.683. The molecule has 0 radical (unpaired) electrons. The number of thiophene rings is 1. The Kier molecular flexibility index (Phi) is 6.75. The summed E-state index contributed by atoms with van der Waals surface area (Å²) in [4.78, 5) is 13.1. The fourth-order valence-electron chi connectivity index (χ4n) is 2.03. The van der Waals surface area contributed by atoms with Crippen LogP contribution in [0.3, 0.4) is 0 Å². The van der Waals surface area contributed by atoms with Gasteiger partial charge in [0.15, 0.2) is 0 Å². The van der Waals surface area contributed by atoms with Crippen molar-refractivity contribution in [2.24, 2.45) is 0 Å². The zero-order chi connectivity index (χ0) is 16.8. The number of hydrogen-bond acceptors (Lipinski definition) is 3. The molecule has 0 unspecified atom stereocenters. The molecular weight excluding hydrogens is 353 g/mol. The molecule has 6 heteroatoms. The second-order valence-corrected chi connectivity index (χ2v) is 7.17. The van der Waals surface area contributed by atoms with Crippen molar-refractivity contribution in [1.82, 2.24) is 5.32 Å². The third kappa shape index (κ3) is 5.41. The zero-order valence-electron chi connectivity index (χ0n) is 13.1. The summed E-state index contributed by atoms with van der Waals surface area (Å²) >= 11 is 13.6. The lowest BCUT2D eigenvalue weighted by Crippen LogP contribution is -2.23. The van der Waals surface area contributed by atoms with Crippen molar-refractivity contribution in [1.29, 1.82) is 0 Å². The van der Waals surface area contributed by atoms with Crippen LogP contribution >= 0.6 is 34.5 Å². The average molecular weight is 372 g/mol. The molecule has 1 heterocycles. The van der Waals surface area contributed by atoms with Crippen molar-refractivity contribution in [3.8, 4) is 5.75 Å². The minimum atomic E-state index is 0.0269. The van der Waals surface area contributed by atoms with E-state index in [2.05, 4.69) is 24.5 Å². The molecule has 0 aliphatic rings. The highest BCUT2D eigenvalue weighted by Crippen LogP contribution is 2.27. The van der Waals surface area contributed by atoms with Gasteiger partial charge in [0.05, 0.1) is 11.6 Å². The van der Waals surface area contributed by atoms with Gasteiger partial charge in [-0.2, -0.15) is 0 Å². The minimum Gasteiger partial charge on any atom is -0.492 e. The summed E-state index contributed by atoms with van der Waals surface area (Å²) in [5.41, 5.74) is 2.45. The molecule has 1 amide bonds. The van der Waals surface area contributed by atoms with Crippen molar-refractivity contribution in [3.63, 3.8) is 0 Å². The van der Waals surface area contributed by atoms with Crippen LogP contribution in [0.4, 0.5) is 0 Å². The van der Waals surface area contributed by atoms with E-state index in [1.165, 1.54) is 16.0 Å². The first-order valence-corrected chi connectivity index (χ1v) is 8.99. The predicted octanol–water partition coefficient (Wildman–Crippen LogP) is 5.15. The summed E-state index contributed by atoms with van der Waals surface area (Å²) in [6, 6.07) is 5.09. The van der Waals surface area contributed by atoms with Gasteiger partial charge in [0, 0.05) is 22.9 Å². The van der Waals surface area contributed by atoms with E-state index in [1.807, 2.05) is 0 Å². The summed E-state index contributed by atoms with van der Waals surface area (Å²) in [5.74, 6) is 0.611. The molecule has 3 nitrogen and oxygen atoms in total. The molecule has 0 saturated heterocycles. The molecule has 0 fully saturated rings. The lowest BCUT2D eigenvalue weighted by atomic mass is 10.2. The van der Waals surface area contributed by atoms with E-state index >= 15 is 0 Å². The number of carbonyl (C=O) groups excluding carboxylic acids is 1. The third-order valence-corrected chi connectivity index (χ3v) is 5.16. The summed E-state index contributed by atoms with van der Waals surface area (Å²) in [6.07, 6.45) is 1.06. The van der Waals surface area contributed by atoms with Crippen molar-refractivity contribution in [3.05, 3.63) is 49.6 Å². The van der Waals surface area contributed by atoms with Gasteiger partial charge in [-0.1, -0.05) is 23.2 Å². The second kappa shape index (κ2) is 8.57. The van der Waals surface area contributed by atoms with Crippen LogP contribution in [0.1, 0.15) is 28.8 Å². The van der Waals surface area contributed by atoms with Crippen molar-refractivity contribution in [2.45, 2.75) is 33.2 Å². The summed E-state index contributed by atoms with van der Waals surface area (Å²) in [5, 5.41) is 6.08. The van der Waals surface area contributed by atoms with Gasteiger partial charge in [0.25, 0.3) is 0 Å². The fourth-order valence-corrected chi connectivity index (χ4v) is 3.38. The fraction of sp³-hybridized carbons (Fsp3) is 0.353. The third-order valence-electron chi connectivity index (χ3n) is 3.56. The normalized spacial score (nSPS) is 10.6. The first-order chi connectivity index (χ1) is 11.0. The molecule has 0 bridgehead atoms. The molecule has 2 aromatic rings. The van der Waals surface area contributed by atoms with Crippen LogP contribution < -0.4 is 10.1 Å². The molecule has 1 aromatic heterocycles. The Balaban J connectivity index is 1.68. The summed E-state index contributed by atoms with van der Waals surface area (Å²) < 4.78 is 5.56. The summed E-state index contributed by atoms with van der Waals surface area (Å²) in [7, 11) is 0. The first kappa shape index (κ1) is 18.1. The number of rotatable bonds is 7. The maximum absolute atomic E-state index is 11.9. The highest BCUT2D eigenvalue weighted by atomic mass is 35.5. The van der Waals surface area contributed by atoms with Gasteiger partial charge in [-0.15, -0.1) is 11.3 Å². The van der Waals surface area contributed by atoms with Gasteiger partial charge in [-0.25, -0.2) is 0 Å². The maximum Gasteiger partial charge on any atom is 0.220 e.